The number of nitrogens with one attached hydrogen (secondary N) is 1. The Balaban J connectivity index is 1.46. The van der Waals surface area contributed by atoms with E-state index in [1.165, 1.54) is 30.5 Å². The van der Waals surface area contributed by atoms with Crippen molar-refractivity contribution >= 4 is 33.3 Å². The van der Waals surface area contributed by atoms with Crippen molar-refractivity contribution in [1.82, 2.24) is 20.0 Å². The van der Waals surface area contributed by atoms with E-state index in [0.717, 1.165) is 0 Å². The lowest BCUT2D eigenvalue weighted by Gasteiger charge is -2.32. The number of aromatic nitrogens is 2. The number of amides is 2. The van der Waals surface area contributed by atoms with Gasteiger partial charge in [0.25, 0.3) is 5.91 Å². The lowest BCUT2D eigenvalue weighted by Crippen LogP contribution is -2.46. The number of halogens is 1. The largest absolute Gasteiger partial charge is 0.349 e. The predicted molar refractivity (Wildman–Crippen MR) is 108 cm³/mol. The molecule has 0 unspecified atom stereocenters. The minimum Gasteiger partial charge on any atom is -0.349 e. The van der Waals surface area contributed by atoms with Crippen LogP contribution in [-0.2, 0) is 21.7 Å². The standard InChI is InChI=1S/C19H23ClN4O4S/c1-23-13-14(12-21-23)19(26)22-16-6-9-24(10-7-16)18(25)8-11-29(27,28)17-4-2-15(20)3-5-17/h2-5,12-13,16H,6-11H2,1H3,(H,22,26). The minimum absolute atomic E-state index is 0.0236. The third kappa shape index (κ3) is 5.57. The smallest absolute Gasteiger partial charge is 0.254 e. The number of likely N-dealkylation sites (tertiary alicyclic amines) is 1. The fraction of sp³-hybridized carbons (Fsp3) is 0.421. The second-order valence-corrected chi connectivity index (χ2v) is 9.60. The van der Waals surface area contributed by atoms with Crippen LogP contribution in [0.1, 0.15) is 29.6 Å². The number of sulfone groups is 1. The topological polar surface area (TPSA) is 101 Å². The van der Waals surface area contributed by atoms with Gasteiger partial charge in [-0.15, -0.1) is 0 Å². The van der Waals surface area contributed by atoms with E-state index in [9.17, 15) is 18.0 Å². The summed E-state index contributed by atoms with van der Waals surface area (Å²) in [6.45, 7) is 0.968. The average Bonchev–Trinajstić information content (AvgIpc) is 3.14. The lowest BCUT2D eigenvalue weighted by atomic mass is 10.0. The van der Waals surface area contributed by atoms with Gasteiger partial charge in [0.1, 0.15) is 0 Å². The molecule has 10 heteroatoms. The highest BCUT2D eigenvalue weighted by Gasteiger charge is 2.25. The molecule has 0 radical (unpaired) electrons. The van der Waals surface area contributed by atoms with Crippen LogP contribution in [0, 0.1) is 0 Å². The maximum atomic E-state index is 12.4. The van der Waals surface area contributed by atoms with Crippen LogP contribution in [0.2, 0.25) is 5.02 Å². The third-order valence-electron chi connectivity index (χ3n) is 4.91. The van der Waals surface area contributed by atoms with Gasteiger partial charge in [0.15, 0.2) is 9.84 Å². The van der Waals surface area contributed by atoms with Crippen molar-refractivity contribution in [2.75, 3.05) is 18.8 Å². The Labute approximate surface area is 174 Å². The Kier molecular flexibility index (Phi) is 6.59. The maximum Gasteiger partial charge on any atom is 0.254 e. The first kappa shape index (κ1) is 21.3. The number of rotatable bonds is 6. The highest BCUT2D eigenvalue weighted by atomic mass is 35.5. The normalized spacial score (nSPS) is 15.3. The number of hydrogen-bond acceptors (Lipinski definition) is 5. The molecule has 8 nitrogen and oxygen atoms in total. The molecule has 29 heavy (non-hydrogen) atoms. The van der Waals surface area contributed by atoms with Gasteiger partial charge in [-0.3, -0.25) is 14.3 Å². The van der Waals surface area contributed by atoms with E-state index in [1.807, 2.05) is 0 Å². The molecule has 0 saturated carbocycles. The first-order valence-electron chi connectivity index (χ1n) is 9.30. The number of benzene rings is 1. The lowest BCUT2D eigenvalue weighted by molar-refractivity contribution is -0.131. The second-order valence-electron chi connectivity index (χ2n) is 7.05. The summed E-state index contributed by atoms with van der Waals surface area (Å²) < 4.78 is 26.3. The average molecular weight is 439 g/mol. The van der Waals surface area contributed by atoms with E-state index in [1.54, 1.807) is 22.8 Å². The van der Waals surface area contributed by atoms with Crippen molar-refractivity contribution in [2.45, 2.75) is 30.2 Å². The van der Waals surface area contributed by atoms with Crippen molar-refractivity contribution in [3.63, 3.8) is 0 Å². The van der Waals surface area contributed by atoms with E-state index in [4.69, 9.17) is 11.6 Å². The molecule has 0 spiro atoms. The van der Waals surface area contributed by atoms with Gasteiger partial charge in [-0.1, -0.05) is 11.6 Å². The summed E-state index contributed by atoms with van der Waals surface area (Å²) in [6, 6.07) is 5.89. The summed E-state index contributed by atoms with van der Waals surface area (Å²) in [7, 11) is -1.79. The zero-order valence-electron chi connectivity index (χ0n) is 16.0. The fourth-order valence-electron chi connectivity index (χ4n) is 3.22. The van der Waals surface area contributed by atoms with Gasteiger partial charge in [-0.2, -0.15) is 5.10 Å². The van der Waals surface area contributed by atoms with E-state index < -0.39 is 9.84 Å². The summed E-state index contributed by atoms with van der Waals surface area (Å²) in [6.07, 6.45) is 4.34. The van der Waals surface area contributed by atoms with Crippen LogP contribution in [0.4, 0.5) is 0 Å². The fourth-order valence-corrected chi connectivity index (χ4v) is 4.58. The summed E-state index contributed by atoms with van der Waals surface area (Å²) in [5.41, 5.74) is 0.499. The molecule has 2 aromatic rings. The first-order valence-corrected chi connectivity index (χ1v) is 11.3. The van der Waals surface area contributed by atoms with Crippen molar-refractivity contribution < 1.29 is 18.0 Å². The molecular weight excluding hydrogens is 416 g/mol. The van der Waals surface area contributed by atoms with Crippen LogP contribution >= 0.6 is 11.6 Å². The molecule has 156 valence electrons. The molecule has 1 aliphatic rings. The molecule has 1 N–H and O–H groups in total. The van der Waals surface area contributed by atoms with E-state index in [0.29, 0.717) is 36.5 Å². The first-order chi connectivity index (χ1) is 13.7. The number of piperidine rings is 1. The Morgan fingerprint density at radius 3 is 2.45 bits per heavy atom. The van der Waals surface area contributed by atoms with Gasteiger partial charge in [-0.25, -0.2) is 8.42 Å². The monoisotopic (exact) mass is 438 g/mol. The van der Waals surface area contributed by atoms with Crippen LogP contribution in [0.15, 0.2) is 41.6 Å². The molecule has 1 aromatic heterocycles. The molecule has 2 heterocycles. The summed E-state index contributed by atoms with van der Waals surface area (Å²) in [4.78, 5) is 26.4. The molecule has 1 aliphatic heterocycles. The van der Waals surface area contributed by atoms with Gasteiger partial charge in [-0.05, 0) is 37.1 Å². The molecule has 0 bridgehead atoms. The highest BCUT2D eigenvalue weighted by Crippen LogP contribution is 2.17. The number of carbonyl (C=O) groups excluding carboxylic acids is 2. The van der Waals surface area contributed by atoms with Gasteiger partial charge in [0, 0.05) is 43.8 Å². The molecule has 1 saturated heterocycles. The summed E-state index contributed by atoms with van der Waals surface area (Å²) in [5, 5.41) is 7.39. The summed E-state index contributed by atoms with van der Waals surface area (Å²) in [5.74, 6) is -0.623. The van der Waals surface area contributed by atoms with E-state index in [-0.39, 0.29) is 34.9 Å². The van der Waals surface area contributed by atoms with Crippen LogP contribution in [-0.4, -0.2) is 59.8 Å². The number of aryl methyl sites for hydroxylation is 1. The minimum atomic E-state index is -3.54. The number of hydrogen-bond donors (Lipinski definition) is 1. The second kappa shape index (κ2) is 8.96. The number of nitrogens with zero attached hydrogens (tertiary/aromatic N) is 3. The molecule has 2 amide bonds. The highest BCUT2D eigenvalue weighted by molar-refractivity contribution is 7.91. The Morgan fingerprint density at radius 1 is 1.21 bits per heavy atom. The third-order valence-corrected chi connectivity index (χ3v) is 6.89. The zero-order valence-corrected chi connectivity index (χ0v) is 17.6. The van der Waals surface area contributed by atoms with E-state index in [2.05, 4.69) is 10.4 Å². The van der Waals surface area contributed by atoms with E-state index >= 15 is 0 Å². The quantitative estimate of drug-likeness (QED) is 0.739. The van der Waals surface area contributed by atoms with Crippen LogP contribution < -0.4 is 5.32 Å². The summed E-state index contributed by atoms with van der Waals surface area (Å²) >= 11 is 5.78. The molecule has 1 fully saturated rings. The van der Waals surface area contributed by atoms with Gasteiger partial charge in [0.2, 0.25) is 5.91 Å². The molecule has 0 aliphatic carbocycles. The van der Waals surface area contributed by atoms with Crippen molar-refractivity contribution in [3.8, 4) is 0 Å². The predicted octanol–water partition coefficient (Wildman–Crippen LogP) is 1.66. The number of carbonyl (C=O) groups is 2. The molecular formula is C19H23ClN4O4S. The maximum absolute atomic E-state index is 12.4. The zero-order chi connectivity index (χ0) is 21.0. The van der Waals surface area contributed by atoms with Crippen molar-refractivity contribution in [1.29, 1.82) is 0 Å². The van der Waals surface area contributed by atoms with Crippen molar-refractivity contribution in [3.05, 3.63) is 47.2 Å². The molecule has 3 rings (SSSR count). The Morgan fingerprint density at radius 2 is 1.86 bits per heavy atom. The molecule has 0 atom stereocenters. The SMILES string of the molecule is Cn1cc(C(=O)NC2CCN(C(=O)CCS(=O)(=O)c3ccc(Cl)cc3)CC2)cn1. The van der Waals surface area contributed by atoms with Gasteiger partial charge < -0.3 is 10.2 Å². The Bertz CT molecular complexity index is 980. The molecule has 1 aromatic carbocycles. The van der Waals surface area contributed by atoms with Crippen molar-refractivity contribution in [2.24, 2.45) is 7.05 Å². The van der Waals surface area contributed by atoms with Crippen LogP contribution in [0.3, 0.4) is 0 Å². The van der Waals surface area contributed by atoms with Crippen LogP contribution in [0.5, 0.6) is 0 Å². The van der Waals surface area contributed by atoms with Gasteiger partial charge >= 0.3 is 0 Å². The van der Waals surface area contributed by atoms with Gasteiger partial charge in [0.05, 0.1) is 22.4 Å². The Hall–Kier alpha value is -2.39. The van der Waals surface area contributed by atoms with Crippen LogP contribution in [0.25, 0.3) is 0 Å².